The molecule has 8 heteroatoms. The van der Waals surface area contributed by atoms with Crippen LogP contribution < -0.4 is 5.32 Å². The Balaban J connectivity index is 2.19. The van der Waals surface area contributed by atoms with Crippen molar-refractivity contribution in [2.24, 2.45) is 0 Å². The van der Waals surface area contributed by atoms with Crippen LogP contribution in [-0.4, -0.2) is 42.7 Å². The predicted molar refractivity (Wildman–Crippen MR) is 85.3 cm³/mol. The van der Waals surface area contributed by atoms with Crippen molar-refractivity contribution in [1.82, 2.24) is 19.6 Å². The molecule has 1 amide bonds. The second-order valence-corrected chi connectivity index (χ2v) is 7.24. The molecule has 0 aliphatic rings. The smallest absolute Gasteiger partial charge is 0.271 e. The van der Waals surface area contributed by atoms with Crippen LogP contribution in [0.1, 0.15) is 21.7 Å². The fraction of sp³-hybridized carbons (Fsp3) is 0.267. The molecule has 1 aromatic carbocycles. The third-order valence-electron chi connectivity index (χ3n) is 3.18. The average Bonchev–Trinajstić information content (AvgIpc) is 2.53. The Bertz CT molecular complexity index is 802. The summed E-state index contributed by atoms with van der Waals surface area (Å²) in [4.78, 5) is 20.2. The average molecular weight is 334 g/mol. The molecule has 1 heterocycles. The van der Waals surface area contributed by atoms with Crippen LogP contribution in [0, 0.1) is 6.92 Å². The summed E-state index contributed by atoms with van der Waals surface area (Å²) in [5.41, 5.74) is 1.40. The number of aromatic nitrogens is 2. The van der Waals surface area contributed by atoms with Gasteiger partial charge in [-0.1, -0.05) is 18.2 Å². The van der Waals surface area contributed by atoms with E-state index in [1.54, 1.807) is 25.1 Å². The zero-order chi connectivity index (χ0) is 17.0. The minimum Gasteiger partial charge on any atom is -0.347 e. The number of hydrogen-bond donors (Lipinski definition) is 1. The van der Waals surface area contributed by atoms with Crippen LogP contribution in [0.4, 0.5) is 0 Å². The number of sulfonamides is 1. The topological polar surface area (TPSA) is 92.3 Å². The van der Waals surface area contributed by atoms with Gasteiger partial charge in [0.05, 0.1) is 16.8 Å². The number of rotatable bonds is 5. The second kappa shape index (κ2) is 6.84. The molecule has 0 saturated heterocycles. The second-order valence-electron chi connectivity index (χ2n) is 5.12. The Morgan fingerprint density at radius 2 is 1.87 bits per heavy atom. The highest BCUT2D eigenvalue weighted by Crippen LogP contribution is 2.18. The lowest BCUT2D eigenvalue weighted by Crippen LogP contribution is -2.27. The summed E-state index contributed by atoms with van der Waals surface area (Å²) in [5, 5.41) is 2.66. The van der Waals surface area contributed by atoms with Crippen molar-refractivity contribution in [3.63, 3.8) is 0 Å². The monoisotopic (exact) mass is 334 g/mol. The lowest BCUT2D eigenvalue weighted by molar-refractivity contribution is 0.0945. The van der Waals surface area contributed by atoms with Gasteiger partial charge in [0.15, 0.2) is 0 Å². The summed E-state index contributed by atoms with van der Waals surface area (Å²) < 4.78 is 25.7. The van der Waals surface area contributed by atoms with Crippen molar-refractivity contribution in [3.8, 4) is 0 Å². The normalized spacial score (nSPS) is 11.5. The molecule has 0 fully saturated rings. The molecule has 0 aliphatic carbocycles. The van der Waals surface area contributed by atoms with Gasteiger partial charge in [-0.3, -0.25) is 9.78 Å². The number of carbonyl (C=O) groups excluding carboxylic acids is 1. The molecule has 122 valence electrons. The molecule has 0 radical (unpaired) electrons. The van der Waals surface area contributed by atoms with Crippen LogP contribution in [0.25, 0.3) is 0 Å². The SMILES string of the molecule is Cc1cnc(C(=O)NCc2ccccc2S(=O)(=O)N(C)C)cn1. The van der Waals surface area contributed by atoms with Crippen LogP contribution in [0.3, 0.4) is 0 Å². The molecule has 7 nitrogen and oxygen atoms in total. The highest BCUT2D eigenvalue weighted by molar-refractivity contribution is 7.89. The van der Waals surface area contributed by atoms with E-state index in [-0.39, 0.29) is 17.1 Å². The molecule has 0 aliphatic heterocycles. The van der Waals surface area contributed by atoms with Crippen LogP contribution in [0.2, 0.25) is 0 Å². The summed E-state index contributed by atoms with van der Waals surface area (Å²) in [6.45, 7) is 1.86. The van der Waals surface area contributed by atoms with Gasteiger partial charge in [0.1, 0.15) is 5.69 Å². The minimum atomic E-state index is -3.57. The summed E-state index contributed by atoms with van der Waals surface area (Å²) in [7, 11) is -0.642. The molecule has 0 unspecified atom stereocenters. The van der Waals surface area contributed by atoms with Crippen LogP contribution in [-0.2, 0) is 16.6 Å². The Morgan fingerprint density at radius 1 is 1.17 bits per heavy atom. The van der Waals surface area contributed by atoms with Crippen molar-refractivity contribution in [2.75, 3.05) is 14.1 Å². The van der Waals surface area contributed by atoms with Crippen molar-refractivity contribution in [2.45, 2.75) is 18.4 Å². The van der Waals surface area contributed by atoms with E-state index in [1.807, 2.05) is 0 Å². The third kappa shape index (κ3) is 3.91. The zero-order valence-corrected chi connectivity index (χ0v) is 14.0. The zero-order valence-electron chi connectivity index (χ0n) is 13.1. The number of aryl methyl sites for hydroxylation is 1. The van der Waals surface area contributed by atoms with Crippen molar-refractivity contribution in [3.05, 3.63) is 53.6 Å². The highest BCUT2D eigenvalue weighted by atomic mass is 32.2. The van der Waals surface area contributed by atoms with Gasteiger partial charge >= 0.3 is 0 Å². The maximum atomic E-state index is 12.3. The van der Waals surface area contributed by atoms with Gasteiger partial charge in [-0.05, 0) is 18.6 Å². The maximum absolute atomic E-state index is 12.3. The van der Waals surface area contributed by atoms with Crippen molar-refractivity contribution in [1.29, 1.82) is 0 Å². The molecule has 2 aromatic rings. The lowest BCUT2D eigenvalue weighted by atomic mass is 10.2. The van der Waals surface area contributed by atoms with Gasteiger partial charge in [0.25, 0.3) is 5.91 Å². The van der Waals surface area contributed by atoms with Crippen molar-refractivity contribution < 1.29 is 13.2 Å². The molecule has 0 spiro atoms. The van der Waals surface area contributed by atoms with Crippen molar-refractivity contribution >= 4 is 15.9 Å². The van der Waals surface area contributed by atoms with Gasteiger partial charge in [-0.15, -0.1) is 0 Å². The first-order valence-corrected chi connectivity index (χ1v) is 8.33. The molecule has 0 bridgehead atoms. The van der Waals surface area contributed by atoms with Gasteiger partial charge in [0, 0.05) is 26.8 Å². The molecule has 1 aromatic heterocycles. The first-order chi connectivity index (χ1) is 10.8. The third-order valence-corrected chi connectivity index (χ3v) is 5.10. The minimum absolute atomic E-state index is 0.0810. The number of carbonyl (C=O) groups is 1. The standard InChI is InChI=1S/C15H18N4O3S/c1-11-8-17-13(10-16-11)15(20)18-9-12-6-4-5-7-14(12)23(21,22)19(2)3/h4-8,10H,9H2,1-3H3,(H,18,20). The molecule has 23 heavy (non-hydrogen) atoms. The summed E-state index contributed by atoms with van der Waals surface area (Å²) >= 11 is 0. The quantitative estimate of drug-likeness (QED) is 0.879. The van der Waals surface area contributed by atoms with Gasteiger partial charge < -0.3 is 5.32 Å². The maximum Gasteiger partial charge on any atom is 0.271 e. The van der Waals surface area contributed by atoms with E-state index in [0.29, 0.717) is 11.3 Å². The number of benzene rings is 1. The Labute approximate surface area is 135 Å². The molecule has 0 saturated carbocycles. The Morgan fingerprint density at radius 3 is 2.48 bits per heavy atom. The summed E-state index contributed by atoms with van der Waals surface area (Å²) in [5.74, 6) is -0.408. The van der Waals surface area contributed by atoms with E-state index in [2.05, 4.69) is 15.3 Å². The van der Waals surface area contributed by atoms with Gasteiger partial charge in [-0.25, -0.2) is 17.7 Å². The predicted octanol–water partition coefficient (Wildman–Crippen LogP) is 0.965. The van der Waals surface area contributed by atoms with Crippen LogP contribution in [0.15, 0.2) is 41.6 Å². The molecular formula is C15H18N4O3S. The van der Waals surface area contributed by atoms with E-state index in [4.69, 9.17) is 0 Å². The molecule has 0 atom stereocenters. The van der Waals surface area contributed by atoms with E-state index >= 15 is 0 Å². The largest absolute Gasteiger partial charge is 0.347 e. The summed E-state index contributed by atoms with van der Waals surface area (Å²) in [6, 6.07) is 6.55. The van der Waals surface area contributed by atoms with E-state index in [0.717, 1.165) is 4.31 Å². The number of nitrogens with zero attached hydrogens (tertiary/aromatic N) is 3. The highest BCUT2D eigenvalue weighted by Gasteiger charge is 2.21. The lowest BCUT2D eigenvalue weighted by Gasteiger charge is -2.15. The van der Waals surface area contributed by atoms with E-state index < -0.39 is 15.9 Å². The Hall–Kier alpha value is -2.32. The number of hydrogen-bond acceptors (Lipinski definition) is 5. The fourth-order valence-corrected chi connectivity index (χ4v) is 2.99. The summed E-state index contributed by atoms with van der Waals surface area (Å²) in [6.07, 6.45) is 2.88. The number of nitrogens with one attached hydrogen (secondary N) is 1. The first-order valence-electron chi connectivity index (χ1n) is 6.89. The van der Waals surface area contributed by atoms with E-state index in [1.165, 1.54) is 32.6 Å². The van der Waals surface area contributed by atoms with Crippen LogP contribution >= 0.6 is 0 Å². The molecule has 2 rings (SSSR count). The van der Waals surface area contributed by atoms with Gasteiger partial charge in [-0.2, -0.15) is 0 Å². The Kier molecular flexibility index (Phi) is 5.07. The fourth-order valence-electron chi connectivity index (χ4n) is 1.87. The first kappa shape index (κ1) is 17.0. The molecular weight excluding hydrogens is 316 g/mol. The van der Waals surface area contributed by atoms with E-state index in [9.17, 15) is 13.2 Å². The van der Waals surface area contributed by atoms with Crippen LogP contribution in [0.5, 0.6) is 0 Å². The molecule has 1 N–H and O–H groups in total. The number of amides is 1. The van der Waals surface area contributed by atoms with Gasteiger partial charge in [0.2, 0.25) is 10.0 Å².